The lowest BCUT2D eigenvalue weighted by atomic mass is 10.1. The summed E-state index contributed by atoms with van der Waals surface area (Å²) in [6.45, 7) is 6.12. The first-order valence-electron chi connectivity index (χ1n) is 9.79. The lowest BCUT2D eigenvalue weighted by Crippen LogP contribution is -2.16. The molecule has 0 spiro atoms. The second-order valence-corrected chi connectivity index (χ2v) is 9.64. The van der Waals surface area contributed by atoms with Crippen LogP contribution in [0.3, 0.4) is 0 Å². The molecule has 0 radical (unpaired) electrons. The summed E-state index contributed by atoms with van der Waals surface area (Å²) in [5.41, 5.74) is 2.68. The molecule has 0 saturated carbocycles. The Labute approximate surface area is 183 Å². The maximum Gasteiger partial charge on any atom is 0.339 e. The molecule has 0 aliphatic rings. The highest BCUT2D eigenvalue weighted by Crippen LogP contribution is 2.19. The lowest BCUT2D eigenvalue weighted by Gasteiger charge is -2.10. The number of carbonyl (C=O) groups excluding carboxylic acids is 2. The number of thiophene rings is 1. The molecular formula is C23H25NO4S2. The van der Waals surface area contributed by atoms with Crippen LogP contribution < -0.4 is 0 Å². The van der Waals surface area contributed by atoms with Crippen LogP contribution in [0.25, 0.3) is 0 Å². The van der Waals surface area contributed by atoms with Gasteiger partial charge in [-0.25, -0.2) is 4.79 Å². The Morgan fingerprint density at radius 2 is 1.87 bits per heavy atom. The number of aromatic nitrogens is 1. The van der Waals surface area contributed by atoms with E-state index in [2.05, 4.69) is 16.0 Å². The van der Waals surface area contributed by atoms with Gasteiger partial charge in [0, 0.05) is 34.1 Å². The van der Waals surface area contributed by atoms with Gasteiger partial charge in [0.1, 0.15) is 0 Å². The van der Waals surface area contributed by atoms with Crippen LogP contribution >= 0.6 is 11.3 Å². The van der Waals surface area contributed by atoms with Crippen LogP contribution in [0.2, 0.25) is 0 Å². The minimum Gasteiger partial charge on any atom is -0.454 e. The van der Waals surface area contributed by atoms with E-state index in [9.17, 15) is 13.8 Å². The first-order chi connectivity index (χ1) is 14.4. The highest BCUT2D eigenvalue weighted by Gasteiger charge is 2.20. The summed E-state index contributed by atoms with van der Waals surface area (Å²) in [6, 6.07) is 12.6. The van der Waals surface area contributed by atoms with E-state index in [1.54, 1.807) is 42.5 Å². The van der Waals surface area contributed by atoms with Gasteiger partial charge in [0.2, 0.25) is 5.78 Å². The Bertz CT molecular complexity index is 1070. The van der Waals surface area contributed by atoms with Gasteiger partial charge in [0.25, 0.3) is 0 Å². The average Bonchev–Trinajstić information content (AvgIpc) is 3.37. The van der Waals surface area contributed by atoms with Crippen molar-refractivity contribution in [3.05, 3.63) is 75.2 Å². The van der Waals surface area contributed by atoms with E-state index in [0.717, 1.165) is 24.4 Å². The fourth-order valence-corrected chi connectivity index (χ4v) is 5.02. The maximum absolute atomic E-state index is 12.7. The Morgan fingerprint density at radius 1 is 1.10 bits per heavy atom. The topological polar surface area (TPSA) is 65.4 Å². The van der Waals surface area contributed by atoms with Crippen molar-refractivity contribution in [2.45, 2.75) is 38.6 Å². The van der Waals surface area contributed by atoms with Crippen molar-refractivity contribution in [3.8, 4) is 0 Å². The molecule has 1 aromatic carbocycles. The quantitative estimate of drug-likeness (QED) is 0.359. The van der Waals surface area contributed by atoms with Crippen molar-refractivity contribution >= 4 is 33.9 Å². The number of ether oxygens (including phenoxy) is 1. The minimum absolute atomic E-state index is 0.243. The second kappa shape index (κ2) is 10.00. The van der Waals surface area contributed by atoms with Crippen molar-refractivity contribution < 1.29 is 18.5 Å². The summed E-state index contributed by atoms with van der Waals surface area (Å²) in [4.78, 5) is 27.0. The second-order valence-electron chi connectivity index (χ2n) is 6.90. The zero-order valence-corrected chi connectivity index (χ0v) is 19.0. The van der Waals surface area contributed by atoms with Gasteiger partial charge in [-0.05, 0) is 49.9 Å². The molecule has 2 heterocycles. The van der Waals surface area contributed by atoms with Crippen LogP contribution in [0.15, 0.2) is 52.7 Å². The summed E-state index contributed by atoms with van der Waals surface area (Å²) in [6.07, 6.45) is 0.905. The van der Waals surface area contributed by atoms with E-state index < -0.39 is 16.8 Å². The third-order valence-corrected chi connectivity index (χ3v) is 7.29. The summed E-state index contributed by atoms with van der Waals surface area (Å²) >= 11 is 1.72. The number of nitrogens with zero attached hydrogens (tertiary/aromatic N) is 1. The lowest BCUT2D eigenvalue weighted by molar-refractivity contribution is 0.0471. The number of aryl methyl sites for hydroxylation is 2. The van der Waals surface area contributed by atoms with Crippen LogP contribution in [0.4, 0.5) is 0 Å². The van der Waals surface area contributed by atoms with Crippen molar-refractivity contribution in [2.75, 3.05) is 12.4 Å². The van der Waals surface area contributed by atoms with E-state index in [4.69, 9.17) is 4.74 Å². The Balaban J connectivity index is 1.67. The van der Waals surface area contributed by atoms with Crippen LogP contribution in [-0.4, -0.2) is 32.9 Å². The molecular weight excluding hydrogens is 418 g/mol. The number of Topliss-reactive ketones (excluding diaryl/α,β-unsaturated/α-hetero) is 1. The summed E-state index contributed by atoms with van der Waals surface area (Å²) < 4.78 is 19.6. The molecule has 3 rings (SSSR count). The monoisotopic (exact) mass is 443 g/mol. The molecule has 1 atom stereocenters. The first-order valence-corrected chi connectivity index (χ1v) is 12.0. The molecule has 0 saturated heterocycles. The standard InChI is InChI=1S/C23H25NO4S2/c1-4-30(27)22-10-6-5-9-19(22)23(26)28-15-21(25)20-14-16(2)24(17(20)3)12-11-18-8-7-13-29-18/h5-10,13-14H,4,11-12,15H2,1-3H3. The van der Waals surface area contributed by atoms with E-state index >= 15 is 0 Å². The van der Waals surface area contributed by atoms with E-state index in [-0.39, 0.29) is 18.0 Å². The van der Waals surface area contributed by atoms with E-state index in [0.29, 0.717) is 16.2 Å². The third-order valence-electron chi connectivity index (χ3n) is 4.98. The van der Waals surface area contributed by atoms with Gasteiger partial charge in [0.05, 0.1) is 21.3 Å². The Morgan fingerprint density at radius 3 is 2.57 bits per heavy atom. The van der Waals surface area contributed by atoms with Gasteiger partial charge in [-0.3, -0.25) is 9.00 Å². The number of rotatable bonds is 9. The molecule has 0 aliphatic heterocycles. The van der Waals surface area contributed by atoms with Gasteiger partial charge in [-0.1, -0.05) is 25.1 Å². The van der Waals surface area contributed by atoms with Crippen molar-refractivity contribution in [2.24, 2.45) is 0 Å². The van der Waals surface area contributed by atoms with Gasteiger partial charge in [0.15, 0.2) is 6.61 Å². The zero-order chi connectivity index (χ0) is 21.7. The summed E-state index contributed by atoms with van der Waals surface area (Å²) in [7, 11) is -1.28. The number of benzene rings is 1. The van der Waals surface area contributed by atoms with E-state index in [1.165, 1.54) is 4.88 Å². The fourth-order valence-electron chi connectivity index (χ4n) is 3.38. The van der Waals surface area contributed by atoms with E-state index in [1.807, 2.05) is 26.0 Å². The zero-order valence-electron chi connectivity index (χ0n) is 17.3. The molecule has 7 heteroatoms. The van der Waals surface area contributed by atoms with Crippen molar-refractivity contribution in [1.29, 1.82) is 0 Å². The smallest absolute Gasteiger partial charge is 0.339 e. The Hall–Kier alpha value is -2.51. The Kier molecular flexibility index (Phi) is 7.39. The number of hydrogen-bond acceptors (Lipinski definition) is 5. The van der Waals surface area contributed by atoms with Gasteiger partial charge >= 0.3 is 5.97 Å². The number of hydrogen-bond donors (Lipinski definition) is 0. The molecule has 2 aromatic heterocycles. The molecule has 158 valence electrons. The minimum atomic E-state index is -1.28. The molecule has 30 heavy (non-hydrogen) atoms. The average molecular weight is 444 g/mol. The predicted octanol–water partition coefficient (Wildman–Crippen LogP) is 4.58. The van der Waals surface area contributed by atoms with Crippen LogP contribution in [0, 0.1) is 13.8 Å². The van der Waals surface area contributed by atoms with Crippen molar-refractivity contribution in [3.63, 3.8) is 0 Å². The fraction of sp³-hybridized carbons (Fsp3) is 0.304. The molecule has 3 aromatic rings. The predicted molar refractivity (Wildman–Crippen MR) is 120 cm³/mol. The highest BCUT2D eigenvalue weighted by atomic mass is 32.2. The molecule has 0 N–H and O–H groups in total. The molecule has 0 bridgehead atoms. The van der Waals surface area contributed by atoms with Crippen LogP contribution in [-0.2, 0) is 28.5 Å². The molecule has 0 fully saturated rings. The highest BCUT2D eigenvalue weighted by molar-refractivity contribution is 7.85. The summed E-state index contributed by atoms with van der Waals surface area (Å²) in [5, 5.41) is 2.06. The first kappa shape index (κ1) is 22.2. The third kappa shape index (κ3) is 4.96. The largest absolute Gasteiger partial charge is 0.454 e. The van der Waals surface area contributed by atoms with Gasteiger partial charge < -0.3 is 9.30 Å². The molecule has 5 nitrogen and oxygen atoms in total. The SMILES string of the molecule is CCS(=O)c1ccccc1C(=O)OCC(=O)c1cc(C)n(CCc2cccs2)c1C. The van der Waals surface area contributed by atoms with Crippen molar-refractivity contribution in [1.82, 2.24) is 4.57 Å². The normalized spacial score (nSPS) is 12.0. The summed E-state index contributed by atoms with van der Waals surface area (Å²) in [5.74, 6) is -0.471. The number of esters is 1. The molecule has 1 unspecified atom stereocenters. The van der Waals surface area contributed by atoms with Gasteiger partial charge in [-0.2, -0.15) is 0 Å². The van der Waals surface area contributed by atoms with Gasteiger partial charge in [-0.15, -0.1) is 11.3 Å². The van der Waals surface area contributed by atoms with Crippen LogP contribution in [0.1, 0.15) is 43.9 Å². The molecule has 0 aliphatic carbocycles. The number of ketones is 1. The number of carbonyl (C=O) groups is 2. The molecule has 0 amide bonds. The maximum atomic E-state index is 12.7. The van der Waals surface area contributed by atoms with Crippen LogP contribution in [0.5, 0.6) is 0 Å².